The van der Waals surface area contributed by atoms with Crippen LogP contribution in [0, 0.1) is 11.8 Å². The first-order valence-corrected chi connectivity index (χ1v) is 13.3. The quantitative estimate of drug-likeness (QED) is 0.543. The maximum Gasteiger partial charge on any atom is 0.414 e. The molecule has 1 aliphatic heterocycles. The number of rotatable bonds is 4. The highest BCUT2D eigenvalue weighted by atomic mass is 19.3. The highest BCUT2D eigenvalue weighted by Crippen LogP contribution is 2.45. The number of aliphatic hydroxyl groups excluding tert-OH is 1. The van der Waals surface area contributed by atoms with Crippen molar-refractivity contribution in [1.29, 1.82) is 0 Å². The Morgan fingerprint density at radius 3 is 2.57 bits per heavy atom. The van der Waals surface area contributed by atoms with Crippen molar-refractivity contribution in [3.8, 4) is 0 Å². The zero-order valence-electron chi connectivity index (χ0n) is 21.3. The summed E-state index contributed by atoms with van der Waals surface area (Å²) in [7, 11) is 1.35. The topological polar surface area (TPSA) is 105 Å². The first-order valence-electron chi connectivity index (χ1n) is 13.3. The number of halogens is 2. The lowest BCUT2D eigenvalue weighted by Gasteiger charge is -2.34. The molecule has 0 radical (unpaired) electrons. The van der Waals surface area contributed by atoms with Crippen LogP contribution in [0.1, 0.15) is 88.2 Å². The third-order valence-corrected chi connectivity index (χ3v) is 8.69. The summed E-state index contributed by atoms with van der Waals surface area (Å²) in [5, 5.41) is 21.2. The number of fused-ring (bicyclic) bond motifs is 3. The normalized spacial score (nSPS) is 27.1. The number of hydrogen-bond donors (Lipinski definition) is 2. The molecule has 5 rings (SSSR count). The molecule has 8 nitrogen and oxygen atoms in total. The molecule has 0 unspecified atom stereocenters. The molecule has 2 fully saturated rings. The van der Waals surface area contributed by atoms with Crippen LogP contribution in [0.3, 0.4) is 0 Å². The number of imidazole rings is 1. The Kier molecular flexibility index (Phi) is 6.89. The summed E-state index contributed by atoms with van der Waals surface area (Å²) in [6.45, 7) is 1.96. The van der Waals surface area contributed by atoms with Crippen LogP contribution in [-0.2, 0) is 16.0 Å². The number of alkyl halides is 2. The molecule has 202 valence electrons. The van der Waals surface area contributed by atoms with Crippen molar-refractivity contribution in [2.75, 3.05) is 12.0 Å². The van der Waals surface area contributed by atoms with E-state index in [-0.39, 0.29) is 43.7 Å². The van der Waals surface area contributed by atoms with E-state index >= 15 is 0 Å². The number of nitrogens with zero attached hydrogens (tertiary/aromatic N) is 3. The van der Waals surface area contributed by atoms with Gasteiger partial charge in [-0.3, -0.25) is 9.69 Å². The third kappa shape index (κ3) is 4.69. The van der Waals surface area contributed by atoms with E-state index < -0.39 is 30.0 Å². The summed E-state index contributed by atoms with van der Waals surface area (Å²) in [4.78, 5) is 30.9. The average Bonchev–Trinajstić information content (AvgIpc) is 3.27. The molecule has 2 N–H and O–H groups in total. The second kappa shape index (κ2) is 9.85. The van der Waals surface area contributed by atoms with Gasteiger partial charge >= 0.3 is 12.1 Å². The number of carbonyl (C=O) groups is 2. The molecule has 2 aliphatic carbocycles. The number of aliphatic hydroxyl groups is 1. The smallest absolute Gasteiger partial charge is 0.414 e. The van der Waals surface area contributed by atoms with Gasteiger partial charge in [0.1, 0.15) is 11.9 Å². The lowest BCUT2D eigenvalue weighted by atomic mass is 9.82. The fraction of sp³-hybridized carbons (Fsp3) is 0.667. The van der Waals surface area contributed by atoms with Crippen LogP contribution < -0.4 is 4.90 Å². The zero-order valence-corrected chi connectivity index (χ0v) is 21.3. The maximum atomic E-state index is 13.9. The van der Waals surface area contributed by atoms with Crippen LogP contribution in [0.2, 0.25) is 0 Å². The fourth-order valence-electron chi connectivity index (χ4n) is 6.60. The number of amides is 1. The molecule has 2 heterocycles. The number of carboxylic acid groups (broad SMARTS) is 1. The molecule has 2 aromatic rings. The number of carbonyl (C=O) groups excluding carboxylic acids is 1. The number of aromatic nitrogens is 2. The van der Waals surface area contributed by atoms with Crippen molar-refractivity contribution >= 4 is 28.8 Å². The van der Waals surface area contributed by atoms with Gasteiger partial charge in [0.2, 0.25) is 5.92 Å². The van der Waals surface area contributed by atoms with Gasteiger partial charge in [0.25, 0.3) is 0 Å². The number of methoxy groups -OCH3 is 1. The number of aryl methyl sites for hydroxylation is 1. The fourth-order valence-corrected chi connectivity index (χ4v) is 6.60. The molecule has 0 bridgehead atoms. The summed E-state index contributed by atoms with van der Waals surface area (Å²) in [5.41, 5.74) is 3.05. The summed E-state index contributed by atoms with van der Waals surface area (Å²) in [6, 6.07) is 3.53. The number of ether oxygens (including phenoxy) is 1. The summed E-state index contributed by atoms with van der Waals surface area (Å²) in [5.74, 6) is -3.95. The third-order valence-electron chi connectivity index (χ3n) is 8.69. The van der Waals surface area contributed by atoms with E-state index in [1.54, 1.807) is 4.90 Å². The number of aliphatic carboxylic acids is 1. The number of carboxylic acids is 1. The van der Waals surface area contributed by atoms with Gasteiger partial charge in [-0.25, -0.2) is 18.6 Å². The molecule has 1 aromatic heterocycles. The number of hydrogen-bond acceptors (Lipinski definition) is 5. The van der Waals surface area contributed by atoms with E-state index in [1.165, 1.54) is 7.11 Å². The predicted molar refractivity (Wildman–Crippen MR) is 133 cm³/mol. The number of anilines is 1. The molecular formula is C27H35F2N3O5. The summed E-state index contributed by atoms with van der Waals surface area (Å²) < 4.78 is 34.7. The van der Waals surface area contributed by atoms with Gasteiger partial charge in [0.15, 0.2) is 0 Å². The second-order valence-electron chi connectivity index (χ2n) is 11.0. The molecule has 1 aromatic carbocycles. The first kappa shape index (κ1) is 25.9. The van der Waals surface area contributed by atoms with E-state index in [0.29, 0.717) is 42.7 Å². The van der Waals surface area contributed by atoms with Crippen molar-refractivity contribution in [2.45, 2.75) is 95.2 Å². The van der Waals surface area contributed by atoms with E-state index in [2.05, 4.69) is 0 Å². The Morgan fingerprint density at radius 1 is 1.16 bits per heavy atom. The first-order chi connectivity index (χ1) is 17.6. The van der Waals surface area contributed by atoms with Crippen LogP contribution in [-0.4, -0.2) is 50.9 Å². The summed E-state index contributed by atoms with van der Waals surface area (Å²) in [6.07, 6.45) is 2.31. The average molecular weight is 520 g/mol. The minimum Gasteiger partial charge on any atom is -0.481 e. The van der Waals surface area contributed by atoms with Gasteiger partial charge < -0.3 is 19.5 Å². The highest BCUT2D eigenvalue weighted by Gasteiger charge is 2.41. The monoisotopic (exact) mass is 519 g/mol. The lowest BCUT2D eigenvalue weighted by molar-refractivity contribution is -0.143. The standard InChI is InChI=1S/C27H35F2N3O5/c1-15-6-7-19-20(31(15)26(36)37-2)8-9-21-22(19)30-24(23(33)16-10-12-27(28,29)13-11-16)32(21)18-5-3-4-17(14-18)25(34)35/h8-9,15-18,23,33H,3-7,10-14H2,1-2H3,(H,34,35)/t15-,17+,18+,23+/m0/s1. The lowest BCUT2D eigenvalue weighted by Crippen LogP contribution is -2.42. The molecular weight excluding hydrogens is 484 g/mol. The molecule has 3 aliphatic rings. The van der Waals surface area contributed by atoms with Gasteiger partial charge in [-0.05, 0) is 69.9 Å². The van der Waals surface area contributed by atoms with E-state index in [1.807, 2.05) is 23.6 Å². The molecule has 2 saturated carbocycles. The largest absolute Gasteiger partial charge is 0.481 e. The van der Waals surface area contributed by atoms with Crippen LogP contribution in [0.5, 0.6) is 0 Å². The minimum absolute atomic E-state index is 0.0527. The van der Waals surface area contributed by atoms with E-state index in [9.17, 15) is 28.6 Å². The van der Waals surface area contributed by atoms with Gasteiger partial charge in [-0.15, -0.1) is 0 Å². The summed E-state index contributed by atoms with van der Waals surface area (Å²) >= 11 is 0. The number of benzene rings is 1. The van der Waals surface area contributed by atoms with Gasteiger partial charge in [-0.1, -0.05) is 6.42 Å². The molecule has 4 atom stereocenters. The zero-order chi connectivity index (χ0) is 26.5. The van der Waals surface area contributed by atoms with Gasteiger partial charge in [0.05, 0.1) is 29.7 Å². The molecule has 0 saturated heterocycles. The Balaban J connectivity index is 1.62. The second-order valence-corrected chi connectivity index (χ2v) is 11.0. The van der Waals surface area contributed by atoms with Crippen LogP contribution in [0.25, 0.3) is 11.0 Å². The SMILES string of the molecule is COC(=O)N1c2ccc3c(nc([C@H](O)C4CCC(F)(F)CC4)n3[C@@H]3CCC[C@@H](C(=O)O)C3)c2CC[C@@H]1C. The van der Waals surface area contributed by atoms with Crippen LogP contribution in [0.15, 0.2) is 12.1 Å². The van der Waals surface area contributed by atoms with Crippen molar-refractivity contribution < 1.29 is 33.3 Å². The minimum atomic E-state index is -2.71. The Labute approximate surface area is 214 Å². The van der Waals surface area contributed by atoms with E-state index in [0.717, 1.165) is 23.9 Å². The highest BCUT2D eigenvalue weighted by molar-refractivity contribution is 5.95. The molecule has 0 spiro atoms. The van der Waals surface area contributed by atoms with Crippen LogP contribution in [0.4, 0.5) is 19.3 Å². The Bertz CT molecular complexity index is 1190. The van der Waals surface area contributed by atoms with Crippen molar-refractivity contribution in [3.63, 3.8) is 0 Å². The van der Waals surface area contributed by atoms with Crippen molar-refractivity contribution in [3.05, 3.63) is 23.5 Å². The van der Waals surface area contributed by atoms with Gasteiger partial charge in [0, 0.05) is 30.5 Å². The molecule has 1 amide bonds. The Hall–Kier alpha value is -2.75. The van der Waals surface area contributed by atoms with E-state index in [4.69, 9.17) is 9.72 Å². The molecule has 37 heavy (non-hydrogen) atoms. The van der Waals surface area contributed by atoms with Crippen molar-refractivity contribution in [1.82, 2.24) is 9.55 Å². The predicted octanol–water partition coefficient (Wildman–Crippen LogP) is 5.62. The van der Waals surface area contributed by atoms with Crippen molar-refractivity contribution in [2.24, 2.45) is 11.8 Å². The Morgan fingerprint density at radius 2 is 1.89 bits per heavy atom. The molecule has 10 heteroatoms. The maximum absolute atomic E-state index is 13.9. The van der Waals surface area contributed by atoms with Gasteiger partial charge in [-0.2, -0.15) is 0 Å². The van der Waals surface area contributed by atoms with Crippen LogP contribution >= 0.6 is 0 Å².